The van der Waals surface area contributed by atoms with Crippen molar-refractivity contribution in [2.75, 3.05) is 0 Å². The highest BCUT2D eigenvalue weighted by atomic mass is 15.3. The van der Waals surface area contributed by atoms with Crippen LogP contribution in [0.4, 0.5) is 0 Å². The Hall–Kier alpha value is -1.62. The summed E-state index contributed by atoms with van der Waals surface area (Å²) >= 11 is 0. The van der Waals surface area contributed by atoms with Crippen molar-refractivity contribution < 1.29 is 0 Å². The summed E-state index contributed by atoms with van der Waals surface area (Å²) in [6.07, 6.45) is 6.25. The van der Waals surface area contributed by atoms with Crippen molar-refractivity contribution in [3.05, 3.63) is 34.4 Å². The second kappa shape index (κ2) is 6.65. The van der Waals surface area contributed by atoms with Crippen molar-refractivity contribution in [1.82, 2.24) is 25.3 Å². The smallest absolute Gasteiger partial charge is 0.0794 e. The second-order valence-corrected chi connectivity index (χ2v) is 6.58. The van der Waals surface area contributed by atoms with E-state index in [-0.39, 0.29) is 0 Å². The van der Waals surface area contributed by atoms with Gasteiger partial charge in [0.2, 0.25) is 0 Å². The first kappa shape index (κ1) is 15.3. The maximum absolute atomic E-state index is 4.53. The maximum atomic E-state index is 4.53. The van der Waals surface area contributed by atoms with Crippen LogP contribution in [0.3, 0.4) is 0 Å². The molecule has 5 nitrogen and oxygen atoms in total. The average molecular weight is 301 g/mol. The van der Waals surface area contributed by atoms with Crippen LogP contribution in [0.5, 0.6) is 0 Å². The highest BCUT2D eigenvalue weighted by molar-refractivity contribution is 5.26. The summed E-state index contributed by atoms with van der Waals surface area (Å²) in [6.45, 7) is 8.10. The lowest BCUT2D eigenvalue weighted by Crippen LogP contribution is -2.31. The minimum absolute atomic E-state index is 0.371. The van der Waals surface area contributed by atoms with Crippen molar-refractivity contribution in [2.45, 2.75) is 72.0 Å². The molecule has 120 valence electrons. The molecule has 0 spiro atoms. The lowest BCUT2D eigenvalue weighted by Gasteiger charge is -2.15. The van der Waals surface area contributed by atoms with Gasteiger partial charge in [-0.2, -0.15) is 10.2 Å². The van der Waals surface area contributed by atoms with Crippen molar-refractivity contribution in [3.8, 4) is 0 Å². The van der Waals surface area contributed by atoms with E-state index in [1.807, 2.05) is 6.92 Å². The molecule has 0 radical (unpaired) electrons. The van der Waals surface area contributed by atoms with Crippen LogP contribution in [0.2, 0.25) is 0 Å². The van der Waals surface area contributed by atoms with Crippen LogP contribution in [0.1, 0.15) is 54.5 Å². The van der Waals surface area contributed by atoms with Crippen molar-refractivity contribution in [3.63, 3.8) is 0 Å². The molecule has 1 unspecified atom stereocenters. The summed E-state index contributed by atoms with van der Waals surface area (Å²) in [6, 6.07) is 2.50. The summed E-state index contributed by atoms with van der Waals surface area (Å²) < 4.78 is 2.08. The lowest BCUT2D eigenvalue weighted by molar-refractivity contribution is 0.441. The molecule has 22 heavy (non-hydrogen) atoms. The average Bonchev–Trinajstić information content (AvgIpc) is 2.90. The van der Waals surface area contributed by atoms with Gasteiger partial charge >= 0.3 is 0 Å². The zero-order valence-corrected chi connectivity index (χ0v) is 13.9. The topological polar surface area (TPSA) is 58.5 Å². The van der Waals surface area contributed by atoms with Gasteiger partial charge in [-0.15, -0.1) is 0 Å². The molecule has 1 atom stereocenters. The van der Waals surface area contributed by atoms with Crippen LogP contribution in [0.25, 0.3) is 0 Å². The number of rotatable bonds is 5. The SMILES string of the molecule is Cc1cc(C)n(CC(C)NCc2n[nH]c3c2CCCCC3)n1. The van der Waals surface area contributed by atoms with E-state index in [0.717, 1.165) is 25.2 Å². The number of aromatic amines is 1. The molecule has 0 saturated heterocycles. The third-order valence-electron chi connectivity index (χ3n) is 4.56. The first-order valence-electron chi connectivity index (χ1n) is 8.43. The van der Waals surface area contributed by atoms with Gasteiger partial charge in [-0.05, 0) is 58.1 Å². The van der Waals surface area contributed by atoms with E-state index in [1.165, 1.54) is 48.3 Å². The van der Waals surface area contributed by atoms with Crippen LogP contribution in [-0.4, -0.2) is 26.0 Å². The highest BCUT2D eigenvalue weighted by Crippen LogP contribution is 2.21. The number of hydrogen-bond acceptors (Lipinski definition) is 3. The quantitative estimate of drug-likeness (QED) is 0.835. The Balaban J connectivity index is 1.58. The maximum Gasteiger partial charge on any atom is 0.0794 e. The standard InChI is InChI=1S/C17H27N5/c1-12-9-14(3)22(21-12)11-13(2)18-10-17-15-7-5-4-6-8-16(15)19-20-17/h9,13,18H,4-8,10-11H2,1-3H3,(H,19,20). The van der Waals surface area contributed by atoms with E-state index in [4.69, 9.17) is 0 Å². The molecule has 0 saturated carbocycles. The first-order valence-corrected chi connectivity index (χ1v) is 8.43. The normalized spacial score (nSPS) is 16.3. The molecule has 0 bridgehead atoms. The predicted molar refractivity (Wildman–Crippen MR) is 87.8 cm³/mol. The fourth-order valence-electron chi connectivity index (χ4n) is 3.33. The molecular formula is C17H27N5. The first-order chi connectivity index (χ1) is 10.6. The van der Waals surface area contributed by atoms with Crippen LogP contribution in [0.15, 0.2) is 6.07 Å². The van der Waals surface area contributed by atoms with E-state index in [9.17, 15) is 0 Å². The van der Waals surface area contributed by atoms with Crippen LogP contribution >= 0.6 is 0 Å². The van der Waals surface area contributed by atoms with E-state index in [2.05, 4.69) is 45.2 Å². The van der Waals surface area contributed by atoms with E-state index >= 15 is 0 Å². The summed E-state index contributed by atoms with van der Waals surface area (Å²) in [7, 11) is 0. The van der Waals surface area contributed by atoms with Gasteiger partial charge in [0.15, 0.2) is 0 Å². The van der Waals surface area contributed by atoms with Gasteiger partial charge in [-0.25, -0.2) is 0 Å². The Kier molecular flexibility index (Phi) is 4.62. The third-order valence-corrected chi connectivity index (χ3v) is 4.56. The zero-order chi connectivity index (χ0) is 15.5. The zero-order valence-electron chi connectivity index (χ0n) is 13.9. The van der Waals surface area contributed by atoms with Gasteiger partial charge in [0.05, 0.1) is 17.9 Å². The molecule has 1 aliphatic carbocycles. The van der Waals surface area contributed by atoms with Crippen molar-refractivity contribution in [2.24, 2.45) is 0 Å². The van der Waals surface area contributed by atoms with Gasteiger partial charge in [-0.1, -0.05) is 6.42 Å². The van der Waals surface area contributed by atoms with E-state index < -0.39 is 0 Å². The summed E-state index contributed by atoms with van der Waals surface area (Å²) in [5.74, 6) is 0. The number of hydrogen-bond donors (Lipinski definition) is 2. The Labute approximate surface area is 132 Å². The van der Waals surface area contributed by atoms with Gasteiger partial charge in [-0.3, -0.25) is 9.78 Å². The number of nitrogens with one attached hydrogen (secondary N) is 2. The van der Waals surface area contributed by atoms with Crippen LogP contribution in [0, 0.1) is 13.8 Å². The largest absolute Gasteiger partial charge is 0.307 e. The Morgan fingerprint density at radius 3 is 2.86 bits per heavy atom. The number of aryl methyl sites for hydroxylation is 3. The third kappa shape index (κ3) is 3.40. The Morgan fingerprint density at radius 2 is 2.09 bits per heavy atom. The highest BCUT2D eigenvalue weighted by Gasteiger charge is 2.16. The Morgan fingerprint density at radius 1 is 1.27 bits per heavy atom. The molecule has 0 amide bonds. The molecule has 2 heterocycles. The van der Waals surface area contributed by atoms with Crippen molar-refractivity contribution >= 4 is 0 Å². The molecule has 2 aromatic rings. The van der Waals surface area contributed by atoms with Crippen molar-refractivity contribution in [1.29, 1.82) is 0 Å². The van der Waals surface area contributed by atoms with E-state index in [0.29, 0.717) is 6.04 Å². The summed E-state index contributed by atoms with van der Waals surface area (Å²) in [5, 5.41) is 15.9. The fraction of sp³-hybridized carbons (Fsp3) is 0.647. The molecule has 0 fully saturated rings. The predicted octanol–water partition coefficient (Wildman–Crippen LogP) is 2.67. The minimum Gasteiger partial charge on any atom is -0.307 e. The summed E-state index contributed by atoms with van der Waals surface area (Å²) in [4.78, 5) is 0. The lowest BCUT2D eigenvalue weighted by atomic mass is 10.1. The van der Waals surface area contributed by atoms with Gasteiger partial charge in [0.1, 0.15) is 0 Å². The van der Waals surface area contributed by atoms with Gasteiger partial charge in [0.25, 0.3) is 0 Å². The van der Waals surface area contributed by atoms with Gasteiger partial charge < -0.3 is 5.32 Å². The number of aromatic nitrogens is 4. The number of H-pyrrole nitrogens is 1. The molecule has 0 aromatic carbocycles. The monoisotopic (exact) mass is 301 g/mol. The molecule has 2 N–H and O–H groups in total. The number of fused-ring (bicyclic) bond motifs is 1. The summed E-state index contributed by atoms with van der Waals surface area (Å²) in [5.41, 5.74) is 6.34. The van der Waals surface area contributed by atoms with Gasteiger partial charge in [0, 0.05) is 24.0 Å². The molecule has 5 heteroatoms. The van der Waals surface area contributed by atoms with Crippen LogP contribution < -0.4 is 5.32 Å². The molecule has 0 aliphatic heterocycles. The number of nitrogens with zero attached hydrogens (tertiary/aromatic N) is 3. The molecular weight excluding hydrogens is 274 g/mol. The molecule has 3 rings (SSSR count). The Bertz CT molecular complexity index is 625. The molecule has 2 aromatic heterocycles. The molecule has 1 aliphatic rings. The minimum atomic E-state index is 0.371. The van der Waals surface area contributed by atoms with Crippen LogP contribution in [-0.2, 0) is 25.9 Å². The second-order valence-electron chi connectivity index (χ2n) is 6.58. The fourth-order valence-corrected chi connectivity index (χ4v) is 3.33. The van der Waals surface area contributed by atoms with E-state index in [1.54, 1.807) is 0 Å².